The van der Waals surface area contributed by atoms with Crippen LogP contribution >= 0.6 is 0 Å². The lowest BCUT2D eigenvalue weighted by molar-refractivity contribution is -0.197. The van der Waals surface area contributed by atoms with Crippen LogP contribution in [0.4, 0.5) is 0 Å². The number of nitrogens with zero attached hydrogens (tertiary/aromatic N) is 1. The second kappa shape index (κ2) is 4.44. The molecule has 2 heterocycles. The van der Waals surface area contributed by atoms with Gasteiger partial charge in [-0.15, -0.1) is 0 Å². The molecule has 1 aromatic rings. The van der Waals surface area contributed by atoms with Gasteiger partial charge in [0.2, 0.25) is 0 Å². The predicted octanol–water partition coefficient (Wildman–Crippen LogP) is 2.44. The van der Waals surface area contributed by atoms with Gasteiger partial charge in [0.15, 0.2) is 6.29 Å². The molecule has 1 saturated heterocycles. The van der Waals surface area contributed by atoms with E-state index in [2.05, 4.69) is 24.5 Å². The van der Waals surface area contributed by atoms with E-state index in [1.165, 1.54) is 0 Å². The Hall–Kier alpha value is -1.06. The molecule has 0 spiro atoms. The van der Waals surface area contributed by atoms with Crippen molar-refractivity contribution in [3.05, 3.63) is 30.1 Å². The zero-order chi connectivity index (χ0) is 11.6. The summed E-state index contributed by atoms with van der Waals surface area (Å²) in [6, 6.07) is 4.08. The van der Waals surface area contributed by atoms with Crippen molar-refractivity contribution in [2.45, 2.75) is 20.1 Å². The second-order valence-corrected chi connectivity index (χ2v) is 5.06. The van der Waals surface area contributed by atoms with Crippen molar-refractivity contribution >= 4 is 6.08 Å². The molecule has 0 saturated carbocycles. The molecule has 0 aromatic carbocycles. The zero-order valence-electron chi connectivity index (χ0n) is 10.1. The molecule has 3 heteroatoms. The molecule has 1 aliphatic rings. The van der Waals surface area contributed by atoms with E-state index in [0.29, 0.717) is 0 Å². The molecule has 1 aliphatic heterocycles. The third-order valence-electron chi connectivity index (χ3n) is 2.68. The van der Waals surface area contributed by atoms with Crippen molar-refractivity contribution in [2.24, 2.45) is 12.5 Å². The molecular weight excluding hydrogens is 202 g/mol. The highest BCUT2D eigenvalue weighted by Gasteiger charge is 2.26. The summed E-state index contributed by atoms with van der Waals surface area (Å²) in [6.45, 7) is 5.78. The first-order chi connectivity index (χ1) is 7.57. The number of aryl methyl sites for hydroxylation is 1. The minimum atomic E-state index is -0.206. The quantitative estimate of drug-likeness (QED) is 0.765. The summed E-state index contributed by atoms with van der Waals surface area (Å²) in [5.74, 6) is 0. The van der Waals surface area contributed by atoms with Gasteiger partial charge in [-0.05, 0) is 24.3 Å². The molecule has 0 atom stereocenters. The van der Waals surface area contributed by atoms with E-state index in [9.17, 15) is 0 Å². The molecule has 2 rings (SSSR count). The highest BCUT2D eigenvalue weighted by Crippen LogP contribution is 2.23. The van der Waals surface area contributed by atoms with E-state index in [1.807, 2.05) is 31.5 Å². The van der Waals surface area contributed by atoms with Gasteiger partial charge in [-0.1, -0.05) is 13.8 Å². The first kappa shape index (κ1) is 11.4. The Morgan fingerprint density at radius 2 is 2.06 bits per heavy atom. The van der Waals surface area contributed by atoms with E-state index >= 15 is 0 Å². The molecule has 0 N–H and O–H groups in total. The van der Waals surface area contributed by atoms with Gasteiger partial charge < -0.3 is 14.0 Å². The van der Waals surface area contributed by atoms with Crippen LogP contribution in [0.5, 0.6) is 0 Å². The highest BCUT2D eigenvalue weighted by molar-refractivity contribution is 5.45. The van der Waals surface area contributed by atoms with Crippen LogP contribution in [0.15, 0.2) is 24.4 Å². The van der Waals surface area contributed by atoms with Crippen LogP contribution in [-0.2, 0) is 16.5 Å². The van der Waals surface area contributed by atoms with Gasteiger partial charge in [0.1, 0.15) is 0 Å². The van der Waals surface area contributed by atoms with Gasteiger partial charge in [-0.25, -0.2) is 0 Å². The van der Waals surface area contributed by atoms with Crippen LogP contribution in [0.1, 0.15) is 19.5 Å². The summed E-state index contributed by atoms with van der Waals surface area (Å²) in [4.78, 5) is 0. The summed E-state index contributed by atoms with van der Waals surface area (Å²) in [5.41, 5.74) is 1.28. The lowest BCUT2D eigenvalue weighted by atomic mass is 9.96. The summed E-state index contributed by atoms with van der Waals surface area (Å²) in [7, 11) is 2.02. The standard InChI is InChI=1S/C13H19NO2/c1-13(2)9-15-12(16-10-13)7-6-11-5-4-8-14(11)3/h4-8,12H,9-10H2,1-3H3/b7-6+. The average molecular weight is 221 g/mol. The molecule has 0 aliphatic carbocycles. The van der Waals surface area contributed by atoms with Gasteiger partial charge in [-0.2, -0.15) is 0 Å². The molecule has 16 heavy (non-hydrogen) atoms. The van der Waals surface area contributed by atoms with E-state index in [-0.39, 0.29) is 11.7 Å². The molecular formula is C13H19NO2. The fraction of sp³-hybridized carbons (Fsp3) is 0.538. The lowest BCUT2D eigenvalue weighted by Gasteiger charge is -2.33. The predicted molar refractivity (Wildman–Crippen MR) is 63.9 cm³/mol. The van der Waals surface area contributed by atoms with E-state index < -0.39 is 0 Å². The molecule has 0 bridgehead atoms. The van der Waals surface area contributed by atoms with Gasteiger partial charge in [-0.3, -0.25) is 0 Å². The van der Waals surface area contributed by atoms with Crippen molar-refractivity contribution in [3.63, 3.8) is 0 Å². The maximum atomic E-state index is 5.61. The molecule has 1 aromatic heterocycles. The number of hydrogen-bond acceptors (Lipinski definition) is 2. The molecule has 0 unspecified atom stereocenters. The molecule has 1 fully saturated rings. The topological polar surface area (TPSA) is 23.4 Å². The van der Waals surface area contributed by atoms with Crippen LogP contribution in [0.3, 0.4) is 0 Å². The Morgan fingerprint density at radius 1 is 1.38 bits per heavy atom. The average Bonchev–Trinajstić information content (AvgIpc) is 2.63. The van der Waals surface area contributed by atoms with Crippen LogP contribution in [-0.4, -0.2) is 24.1 Å². The first-order valence-electron chi connectivity index (χ1n) is 5.60. The Balaban J connectivity index is 1.92. The lowest BCUT2D eigenvalue weighted by Crippen LogP contribution is -2.36. The monoisotopic (exact) mass is 221 g/mol. The minimum Gasteiger partial charge on any atom is -0.351 e. The van der Waals surface area contributed by atoms with E-state index in [1.54, 1.807) is 0 Å². The van der Waals surface area contributed by atoms with Gasteiger partial charge >= 0.3 is 0 Å². The number of ether oxygens (including phenoxy) is 2. The van der Waals surface area contributed by atoms with Crippen LogP contribution < -0.4 is 0 Å². The summed E-state index contributed by atoms with van der Waals surface area (Å²) in [6.07, 6.45) is 5.81. The van der Waals surface area contributed by atoms with Crippen LogP contribution in [0.25, 0.3) is 6.08 Å². The Morgan fingerprint density at radius 3 is 2.62 bits per heavy atom. The SMILES string of the molecule is Cn1cccc1/C=C/C1OCC(C)(C)CO1. The Labute approximate surface area is 96.7 Å². The Bertz CT molecular complexity index is 369. The number of aromatic nitrogens is 1. The zero-order valence-corrected chi connectivity index (χ0v) is 10.1. The fourth-order valence-electron chi connectivity index (χ4n) is 1.64. The maximum Gasteiger partial charge on any atom is 0.177 e. The van der Waals surface area contributed by atoms with Crippen molar-refractivity contribution in [2.75, 3.05) is 13.2 Å². The first-order valence-corrected chi connectivity index (χ1v) is 5.60. The second-order valence-electron chi connectivity index (χ2n) is 5.06. The fourth-order valence-corrected chi connectivity index (χ4v) is 1.64. The van der Waals surface area contributed by atoms with Crippen molar-refractivity contribution in [3.8, 4) is 0 Å². The summed E-state index contributed by atoms with van der Waals surface area (Å²) < 4.78 is 13.3. The maximum absolute atomic E-state index is 5.61. The number of hydrogen-bond donors (Lipinski definition) is 0. The van der Waals surface area contributed by atoms with Crippen molar-refractivity contribution < 1.29 is 9.47 Å². The molecule has 0 radical (unpaired) electrons. The van der Waals surface area contributed by atoms with Crippen molar-refractivity contribution in [1.82, 2.24) is 4.57 Å². The molecule has 3 nitrogen and oxygen atoms in total. The normalized spacial score (nSPS) is 21.7. The Kier molecular flexibility index (Phi) is 3.17. The van der Waals surface area contributed by atoms with E-state index in [0.717, 1.165) is 18.9 Å². The van der Waals surface area contributed by atoms with Gasteiger partial charge in [0, 0.05) is 24.4 Å². The largest absolute Gasteiger partial charge is 0.351 e. The van der Waals surface area contributed by atoms with Crippen LogP contribution in [0.2, 0.25) is 0 Å². The van der Waals surface area contributed by atoms with Crippen molar-refractivity contribution in [1.29, 1.82) is 0 Å². The van der Waals surface area contributed by atoms with Gasteiger partial charge in [0.05, 0.1) is 13.2 Å². The minimum absolute atomic E-state index is 0.134. The van der Waals surface area contributed by atoms with E-state index in [4.69, 9.17) is 9.47 Å². The van der Waals surface area contributed by atoms with Crippen LogP contribution in [0, 0.1) is 5.41 Å². The highest BCUT2D eigenvalue weighted by atomic mass is 16.7. The third kappa shape index (κ3) is 2.74. The van der Waals surface area contributed by atoms with Gasteiger partial charge in [0.25, 0.3) is 0 Å². The molecule has 0 amide bonds. The molecule has 88 valence electrons. The smallest absolute Gasteiger partial charge is 0.177 e. The number of rotatable bonds is 2. The third-order valence-corrected chi connectivity index (χ3v) is 2.68. The summed E-state index contributed by atoms with van der Waals surface area (Å²) in [5, 5.41) is 0. The summed E-state index contributed by atoms with van der Waals surface area (Å²) >= 11 is 0.